The number of likely N-dealkylation sites (N-methyl/N-ethyl adjacent to an activating group) is 1. The van der Waals surface area contributed by atoms with Crippen LogP contribution in [0.25, 0.3) is 10.4 Å². The number of nitrogens with zero attached hydrogens (tertiary/aromatic N) is 2. The molecule has 1 saturated heterocycles. The van der Waals surface area contributed by atoms with Gasteiger partial charge in [-0.1, -0.05) is 36.9 Å². The summed E-state index contributed by atoms with van der Waals surface area (Å²) in [6.07, 6.45) is -0.947. The molecule has 0 spiro atoms. The molecule has 0 unspecified atom stereocenters. The molecule has 14 heteroatoms. The number of amides is 1. The first kappa shape index (κ1) is 29.2. The number of halogens is 4. The third-order valence-corrected chi connectivity index (χ3v) is 10.3. The second kappa shape index (κ2) is 10.7. The van der Waals surface area contributed by atoms with Gasteiger partial charge in [-0.05, 0) is 44.9 Å². The Morgan fingerprint density at radius 2 is 2.00 bits per heavy atom. The molecule has 1 saturated carbocycles. The molecule has 4 rings (SSSR count). The Kier molecular flexibility index (Phi) is 8.20. The number of carbonyl (C=O) groups is 1. The van der Waals surface area contributed by atoms with Crippen LogP contribution in [-0.2, 0) is 16.4 Å². The van der Waals surface area contributed by atoms with Gasteiger partial charge in [-0.3, -0.25) is 4.79 Å². The van der Waals surface area contributed by atoms with Gasteiger partial charge in [-0.2, -0.15) is 17.9 Å². The van der Waals surface area contributed by atoms with E-state index in [1.807, 2.05) is 11.9 Å². The Bertz CT molecular complexity index is 1320. The van der Waals surface area contributed by atoms with Crippen molar-refractivity contribution in [2.75, 3.05) is 26.7 Å². The summed E-state index contributed by atoms with van der Waals surface area (Å²) < 4.78 is 66.0. The molecule has 2 heterocycles. The Balaban J connectivity index is 1.63. The van der Waals surface area contributed by atoms with E-state index < -0.39 is 33.7 Å². The van der Waals surface area contributed by atoms with Gasteiger partial charge in [-0.15, -0.1) is 11.3 Å². The van der Waals surface area contributed by atoms with Crippen LogP contribution in [0.3, 0.4) is 0 Å². The number of nitrogens with one attached hydrogen (secondary N) is 2. The fourth-order valence-corrected chi connectivity index (χ4v) is 7.55. The topological polar surface area (TPSA) is 112 Å². The maximum atomic E-state index is 13.0. The van der Waals surface area contributed by atoms with Crippen molar-refractivity contribution in [3.05, 3.63) is 33.4 Å². The van der Waals surface area contributed by atoms with Gasteiger partial charge in [0, 0.05) is 25.2 Å². The predicted molar refractivity (Wildman–Crippen MR) is 139 cm³/mol. The number of rotatable bonds is 9. The smallest absolute Gasteiger partial charge is 0.385 e. The molecule has 2 aromatic rings. The summed E-state index contributed by atoms with van der Waals surface area (Å²) in [5, 5.41) is 13.4. The SMILES string of the molecule is Cc1c(S(=O)(=O)N[C@@H](C)C(F)(F)F)ccc(-c2sc(C(=O)NCC3(O)CN(C)C3)nc2CC2CCC2)c1Cl. The minimum atomic E-state index is -4.75. The van der Waals surface area contributed by atoms with Crippen molar-refractivity contribution in [3.63, 3.8) is 0 Å². The van der Waals surface area contributed by atoms with Crippen LogP contribution >= 0.6 is 22.9 Å². The molecular weight excluding hydrogens is 565 g/mol. The van der Waals surface area contributed by atoms with E-state index in [-0.39, 0.29) is 27.0 Å². The highest BCUT2D eigenvalue weighted by molar-refractivity contribution is 7.89. The number of benzene rings is 1. The van der Waals surface area contributed by atoms with Gasteiger partial charge in [0.2, 0.25) is 10.0 Å². The van der Waals surface area contributed by atoms with Crippen molar-refractivity contribution in [1.82, 2.24) is 19.9 Å². The monoisotopic (exact) mass is 594 g/mol. The molecule has 0 bridgehead atoms. The van der Waals surface area contributed by atoms with Gasteiger partial charge < -0.3 is 15.3 Å². The number of thiazole rings is 1. The first-order valence-corrected chi connectivity index (χ1v) is 14.8. The maximum Gasteiger partial charge on any atom is 0.404 e. The zero-order valence-electron chi connectivity index (χ0n) is 21.2. The number of hydrogen-bond donors (Lipinski definition) is 3. The number of aliphatic hydroxyl groups is 1. The number of likely N-dealkylation sites (tertiary alicyclic amines) is 1. The van der Waals surface area contributed by atoms with Crippen LogP contribution in [-0.4, -0.2) is 73.8 Å². The van der Waals surface area contributed by atoms with Crippen LogP contribution in [0.1, 0.15) is 47.2 Å². The lowest BCUT2D eigenvalue weighted by atomic mass is 9.82. The van der Waals surface area contributed by atoms with Crippen molar-refractivity contribution in [1.29, 1.82) is 0 Å². The highest BCUT2D eigenvalue weighted by atomic mass is 35.5. The minimum Gasteiger partial charge on any atom is -0.385 e. The maximum absolute atomic E-state index is 13.0. The summed E-state index contributed by atoms with van der Waals surface area (Å²) in [5.74, 6) is -0.0259. The zero-order valence-corrected chi connectivity index (χ0v) is 23.5. The highest BCUT2D eigenvalue weighted by Crippen LogP contribution is 2.41. The number of aromatic nitrogens is 1. The Morgan fingerprint density at radius 3 is 2.55 bits per heavy atom. The molecule has 1 aliphatic heterocycles. The molecule has 1 aromatic heterocycles. The van der Waals surface area contributed by atoms with E-state index in [1.165, 1.54) is 19.1 Å². The Morgan fingerprint density at radius 1 is 1.34 bits per heavy atom. The van der Waals surface area contributed by atoms with Crippen LogP contribution < -0.4 is 10.0 Å². The molecule has 3 N–H and O–H groups in total. The Labute approximate surface area is 228 Å². The van der Waals surface area contributed by atoms with Gasteiger partial charge in [-0.25, -0.2) is 13.4 Å². The normalized spacial score (nSPS) is 19.1. The zero-order chi connectivity index (χ0) is 28.0. The molecular formula is C24H30ClF3N4O4S2. The Hall–Kier alpha value is -1.77. The summed E-state index contributed by atoms with van der Waals surface area (Å²) in [4.78, 5) is 19.7. The summed E-state index contributed by atoms with van der Waals surface area (Å²) in [7, 11) is -2.64. The molecule has 1 amide bonds. The molecule has 0 radical (unpaired) electrons. The summed E-state index contributed by atoms with van der Waals surface area (Å²) in [6, 6.07) is 0.381. The van der Waals surface area contributed by atoms with Gasteiger partial charge in [0.25, 0.3) is 5.91 Å². The van der Waals surface area contributed by atoms with Gasteiger partial charge in [0.15, 0.2) is 5.01 Å². The third kappa shape index (κ3) is 6.18. The third-order valence-electron chi connectivity index (χ3n) is 7.00. The van der Waals surface area contributed by atoms with E-state index in [0.29, 0.717) is 41.6 Å². The van der Waals surface area contributed by atoms with Crippen molar-refractivity contribution < 1.29 is 31.5 Å². The van der Waals surface area contributed by atoms with E-state index in [9.17, 15) is 31.5 Å². The molecule has 1 aromatic carbocycles. The van der Waals surface area contributed by atoms with Gasteiger partial charge in [0.05, 0.1) is 20.5 Å². The molecule has 210 valence electrons. The van der Waals surface area contributed by atoms with Crippen LogP contribution in [0, 0.1) is 12.8 Å². The van der Waals surface area contributed by atoms with Crippen LogP contribution in [0.15, 0.2) is 17.0 Å². The van der Waals surface area contributed by atoms with Crippen LogP contribution in [0.5, 0.6) is 0 Å². The average Bonchev–Trinajstić information content (AvgIpc) is 3.18. The first-order chi connectivity index (χ1) is 17.6. The number of sulfonamides is 1. The number of carbonyl (C=O) groups excluding carboxylic acids is 1. The highest BCUT2D eigenvalue weighted by Gasteiger charge is 2.40. The molecule has 1 aliphatic carbocycles. The van der Waals surface area contributed by atoms with Crippen LogP contribution in [0.4, 0.5) is 13.2 Å². The summed E-state index contributed by atoms with van der Waals surface area (Å²) >= 11 is 7.71. The fraction of sp³-hybridized carbons (Fsp3) is 0.583. The largest absolute Gasteiger partial charge is 0.404 e. The van der Waals surface area contributed by atoms with E-state index in [1.54, 1.807) is 4.72 Å². The van der Waals surface area contributed by atoms with Crippen molar-refractivity contribution in [2.45, 2.75) is 62.2 Å². The van der Waals surface area contributed by atoms with Crippen molar-refractivity contribution >= 4 is 38.9 Å². The number of β-amino-alcohol motifs (C(OH)–C–C–N with tert-alkyl or cyclic N) is 1. The molecule has 38 heavy (non-hydrogen) atoms. The van der Waals surface area contributed by atoms with Crippen LogP contribution in [0.2, 0.25) is 5.02 Å². The summed E-state index contributed by atoms with van der Waals surface area (Å²) in [6.45, 7) is 3.13. The lowest BCUT2D eigenvalue weighted by Gasteiger charge is -2.44. The lowest BCUT2D eigenvalue weighted by Crippen LogP contribution is -2.64. The quantitative estimate of drug-likeness (QED) is 0.408. The predicted octanol–water partition coefficient (Wildman–Crippen LogP) is 3.75. The van der Waals surface area contributed by atoms with E-state index in [4.69, 9.17) is 11.6 Å². The van der Waals surface area contributed by atoms with E-state index in [2.05, 4.69) is 10.3 Å². The van der Waals surface area contributed by atoms with Gasteiger partial charge >= 0.3 is 6.18 Å². The van der Waals surface area contributed by atoms with Crippen molar-refractivity contribution in [2.24, 2.45) is 5.92 Å². The summed E-state index contributed by atoms with van der Waals surface area (Å²) in [5.41, 5.74) is 0.222. The first-order valence-electron chi connectivity index (χ1n) is 12.2. The molecule has 2 aliphatic rings. The van der Waals surface area contributed by atoms with Crippen molar-refractivity contribution in [3.8, 4) is 10.4 Å². The van der Waals surface area contributed by atoms with E-state index >= 15 is 0 Å². The number of alkyl halides is 3. The molecule has 8 nitrogen and oxygen atoms in total. The van der Waals surface area contributed by atoms with Gasteiger partial charge in [0.1, 0.15) is 11.6 Å². The average molecular weight is 595 g/mol. The molecule has 2 fully saturated rings. The van der Waals surface area contributed by atoms with E-state index in [0.717, 1.165) is 37.5 Å². The minimum absolute atomic E-state index is 0.0600. The fourth-order valence-electron chi connectivity index (χ4n) is 4.66. The molecule has 1 atom stereocenters. The number of hydrogen-bond acceptors (Lipinski definition) is 7. The lowest BCUT2D eigenvalue weighted by molar-refractivity contribution is -0.147. The second-order valence-corrected chi connectivity index (χ2v) is 13.4. The second-order valence-electron chi connectivity index (χ2n) is 10.3. The standard InChI is InChI=1S/C24H30ClF3N4O4S2/c1-13-18(38(35,36)31-14(2)24(26,27)28)8-7-16(19(13)25)20-17(9-15-5-4-6-15)30-22(37-20)21(33)29-10-23(34)11-32(3)12-23/h7-8,14-15,31,34H,4-6,9-12H2,1-3H3,(H,29,33)/t14-/m0/s1.